The van der Waals surface area contributed by atoms with Crippen molar-refractivity contribution in [2.75, 3.05) is 6.54 Å². The fourth-order valence-electron chi connectivity index (χ4n) is 4.43. The van der Waals surface area contributed by atoms with Crippen molar-refractivity contribution in [1.82, 2.24) is 14.9 Å². The Labute approximate surface area is 159 Å². The third-order valence-corrected chi connectivity index (χ3v) is 5.67. The first-order valence-electron chi connectivity index (χ1n) is 9.75. The van der Waals surface area contributed by atoms with Crippen LogP contribution in [-0.4, -0.2) is 38.5 Å². The van der Waals surface area contributed by atoms with Gasteiger partial charge in [0, 0.05) is 18.2 Å². The molecule has 3 aromatic rings. The molecule has 5 rings (SSSR count). The topological polar surface area (TPSA) is 69.2 Å². The van der Waals surface area contributed by atoms with Crippen LogP contribution in [0.15, 0.2) is 42.7 Å². The summed E-state index contributed by atoms with van der Waals surface area (Å²) in [6, 6.07) is 11.6. The number of aromatic nitrogens is 2. The molecule has 2 aromatic carbocycles. The first-order chi connectivity index (χ1) is 13.2. The highest BCUT2D eigenvalue weighted by atomic mass is 16.3. The molecular weight excluding hydrogens is 338 g/mol. The number of phenols is 1. The lowest BCUT2D eigenvalue weighted by atomic mass is 9.75. The number of carbonyl (C=O) groups is 1. The molecule has 1 fully saturated rings. The van der Waals surface area contributed by atoms with Crippen molar-refractivity contribution >= 4 is 16.9 Å². The zero-order valence-corrected chi connectivity index (χ0v) is 15.8. The molecule has 0 radical (unpaired) electrons. The van der Waals surface area contributed by atoms with Gasteiger partial charge in [-0.25, -0.2) is 4.98 Å². The normalized spacial score (nSPS) is 20.6. The molecule has 1 amide bonds. The van der Waals surface area contributed by atoms with Crippen LogP contribution in [0.4, 0.5) is 0 Å². The minimum Gasteiger partial charge on any atom is -0.508 e. The van der Waals surface area contributed by atoms with Gasteiger partial charge >= 0.3 is 0 Å². The number of piperidine rings is 1. The van der Waals surface area contributed by atoms with Gasteiger partial charge in [-0.05, 0) is 66.6 Å². The lowest BCUT2D eigenvalue weighted by molar-refractivity contribution is 0.0574. The van der Waals surface area contributed by atoms with E-state index in [0.29, 0.717) is 17.2 Å². The lowest BCUT2D eigenvalue weighted by Gasteiger charge is -2.44. The first kappa shape index (κ1) is 17.6. The third-order valence-electron chi connectivity index (χ3n) is 5.67. The summed E-state index contributed by atoms with van der Waals surface area (Å²) in [7, 11) is 0. The van der Waals surface area contributed by atoms with E-state index in [4.69, 9.17) is 0 Å². The smallest absolute Gasteiger partial charge is 0.254 e. The number of aromatic amines is 1. The van der Waals surface area contributed by atoms with Crippen LogP contribution in [-0.2, 0) is 6.42 Å². The summed E-state index contributed by atoms with van der Waals surface area (Å²) in [4.78, 5) is 22.4. The average Bonchev–Trinajstić information content (AvgIpc) is 3.18. The van der Waals surface area contributed by atoms with Crippen molar-refractivity contribution in [3.8, 4) is 5.75 Å². The van der Waals surface area contributed by atoms with E-state index in [0.717, 1.165) is 36.8 Å². The van der Waals surface area contributed by atoms with Crippen molar-refractivity contribution in [2.24, 2.45) is 0 Å². The van der Waals surface area contributed by atoms with E-state index in [2.05, 4.69) is 9.97 Å². The molecule has 2 bridgehead atoms. The third kappa shape index (κ3) is 3.07. The van der Waals surface area contributed by atoms with Gasteiger partial charge in [0.25, 0.3) is 5.91 Å². The maximum atomic E-state index is 13.1. The second-order valence-electron chi connectivity index (χ2n) is 7.10. The van der Waals surface area contributed by atoms with E-state index in [9.17, 15) is 9.90 Å². The van der Waals surface area contributed by atoms with E-state index in [1.807, 2.05) is 49.1 Å². The minimum absolute atomic E-state index is 0.0992. The number of benzene rings is 2. The van der Waals surface area contributed by atoms with Crippen molar-refractivity contribution in [3.05, 3.63) is 59.4 Å². The van der Waals surface area contributed by atoms with Crippen molar-refractivity contribution in [2.45, 2.75) is 45.1 Å². The highest BCUT2D eigenvalue weighted by Crippen LogP contribution is 2.41. The fourth-order valence-corrected chi connectivity index (χ4v) is 4.43. The Bertz CT molecular complexity index is 979. The highest BCUT2D eigenvalue weighted by molar-refractivity contribution is 5.97. The summed E-state index contributed by atoms with van der Waals surface area (Å²) >= 11 is 0. The number of nitrogens with one attached hydrogen (secondary N) is 1. The van der Waals surface area contributed by atoms with Gasteiger partial charge in [0.15, 0.2) is 0 Å². The largest absolute Gasteiger partial charge is 0.508 e. The van der Waals surface area contributed by atoms with Crippen molar-refractivity contribution in [3.63, 3.8) is 0 Å². The molecule has 5 nitrogen and oxygen atoms in total. The molecule has 1 aromatic heterocycles. The fraction of sp³-hybridized carbons (Fsp3) is 0.364. The van der Waals surface area contributed by atoms with Gasteiger partial charge in [-0.1, -0.05) is 19.9 Å². The molecule has 1 aliphatic heterocycles. The van der Waals surface area contributed by atoms with Gasteiger partial charge < -0.3 is 15.0 Å². The number of rotatable bonds is 1. The van der Waals surface area contributed by atoms with Gasteiger partial charge in [0.1, 0.15) is 5.75 Å². The molecule has 2 aliphatic rings. The number of hydrogen-bond donors (Lipinski definition) is 2. The summed E-state index contributed by atoms with van der Waals surface area (Å²) < 4.78 is 0. The maximum Gasteiger partial charge on any atom is 0.254 e. The van der Waals surface area contributed by atoms with Gasteiger partial charge in [0.2, 0.25) is 0 Å². The van der Waals surface area contributed by atoms with E-state index in [1.54, 1.807) is 12.4 Å². The number of amides is 1. The Kier molecular flexibility index (Phi) is 4.60. The van der Waals surface area contributed by atoms with Crippen molar-refractivity contribution < 1.29 is 9.90 Å². The predicted octanol–water partition coefficient (Wildman–Crippen LogP) is 4.24. The van der Waals surface area contributed by atoms with Crippen LogP contribution < -0.4 is 0 Å². The standard InChI is InChI=1S/C20H19N3O2.C2H6/c24-16-3-1-12-7-15-8-13(17(12)10-16)5-6-23(15)20(25)14-2-4-18-19(9-14)22-11-21-18;1-2/h1-4,9-11,13,15,24H,5-8H2,(H,21,22);1-2H3/t13-,15-;/m1./s1. The number of likely N-dealkylation sites (tertiary alicyclic amines) is 1. The quantitative estimate of drug-likeness (QED) is 0.679. The Morgan fingerprint density at radius 1 is 1.22 bits per heavy atom. The maximum absolute atomic E-state index is 13.1. The Morgan fingerprint density at radius 3 is 2.93 bits per heavy atom. The summed E-state index contributed by atoms with van der Waals surface area (Å²) in [6.07, 6.45) is 4.45. The molecule has 1 saturated heterocycles. The van der Waals surface area contributed by atoms with Crippen LogP contribution in [0, 0.1) is 0 Å². The number of phenolic OH excluding ortho intramolecular Hbond substituents is 1. The number of imidazole rings is 1. The van der Waals surface area contributed by atoms with Gasteiger partial charge in [-0.15, -0.1) is 0 Å². The highest BCUT2D eigenvalue weighted by Gasteiger charge is 2.37. The second-order valence-corrected chi connectivity index (χ2v) is 7.10. The molecule has 0 unspecified atom stereocenters. The van der Waals surface area contributed by atoms with Crippen LogP contribution >= 0.6 is 0 Å². The molecule has 5 heteroatoms. The van der Waals surface area contributed by atoms with E-state index >= 15 is 0 Å². The first-order valence-corrected chi connectivity index (χ1v) is 9.75. The molecule has 0 saturated carbocycles. The van der Waals surface area contributed by atoms with E-state index < -0.39 is 0 Å². The van der Waals surface area contributed by atoms with Gasteiger partial charge in [-0.3, -0.25) is 4.79 Å². The average molecular weight is 363 g/mol. The molecule has 1 aliphatic carbocycles. The Morgan fingerprint density at radius 2 is 2.07 bits per heavy atom. The predicted molar refractivity (Wildman–Crippen MR) is 106 cm³/mol. The van der Waals surface area contributed by atoms with Crippen LogP contribution in [0.2, 0.25) is 0 Å². The summed E-state index contributed by atoms with van der Waals surface area (Å²) in [5.74, 6) is 0.880. The van der Waals surface area contributed by atoms with Crippen LogP contribution in [0.1, 0.15) is 54.1 Å². The number of carbonyl (C=O) groups excluding carboxylic acids is 1. The van der Waals surface area contributed by atoms with E-state index in [1.165, 1.54) is 11.1 Å². The number of fused-ring (bicyclic) bond motifs is 5. The van der Waals surface area contributed by atoms with Crippen molar-refractivity contribution in [1.29, 1.82) is 0 Å². The summed E-state index contributed by atoms with van der Waals surface area (Å²) in [6.45, 7) is 4.77. The van der Waals surface area contributed by atoms with Gasteiger partial charge in [-0.2, -0.15) is 0 Å². The van der Waals surface area contributed by atoms with Crippen LogP contribution in [0.3, 0.4) is 0 Å². The number of H-pyrrole nitrogens is 1. The SMILES string of the molecule is CC.O=C(c1ccc2nc[nH]c2c1)N1CC[C@@H]2C[C@H]1Cc1ccc(O)cc12. The molecule has 0 spiro atoms. The zero-order chi connectivity index (χ0) is 19.0. The van der Waals surface area contributed by atoms with E-state index in [-0.39, 0.29) is 11.9 Å². The molecular formula is C22H25N3O2. The number of hydrogen-bond acceptors (Lipinski definition) is 3. The van der Waals surface area contributed by atoms with Crippen LogP contribution in [0.25, 0.3) is 11.0 Å². The number of aromatic hydroxyl groups is 1. The zero-order valence-electron chi connectivity index (χ0n) is 15.8. The summed E-state index contributed by atoms with van der Waals surface area (Å²) in [5.41, 5.74) is 5.02. The number of nitrogens with zero attached hydrogens (tertiary/aromatic N) is 2. The van der Waals surface area contributed by atoms with Crippen LogP contribution in [0.5, 0.6) is 5.75 Å². The summed E-state index contributed by atoms with van der Waals surface area (Å²) in [5, 5.41) is 9.77. The molecule has 27 heavy (non-hydrogen) atoms. The Balaban J connectivity index is 0.000000872. The molecule has 2 heterocycles. The Hall–Kier alpha value is -2.82. The second kappa shape index (κ2) is 7.06. The molecule has 2 N–H and O–H groups in total. The lowest BCUT2D eigenvalue weighted by Crippen LogP contribution is -2.48. The monoisotopic (exact) mass is 363 g/mol. The molecule has 140 valence electrons. The van der Waals surface area contributed by atoms with Gasteiger partial charge in [0.05, 0.1) is 17.4 Å². The minimum atomic E-state index is 0.0992. The molecule has 2 atom stereocenters.